The fraction of sp³-hybridized carbons (Fsp3) is 0.277. The van der Waals surface area contributed by atoms with Crippen molar-refractivity contribution < 1.29 is 61.6 Å². The van der Waals surface area contributed by atoms with Gasteiger partial charge < -0.3 is 61.6 Å². The molecule has 0 amide bonds. The molecule has 1 heterocycles. The molecule has 0 aromatic heterocycles. The SMILES string of the molecule is COc1ccc(-c2ccc(COC3[C@@H](OCc4ccccc4)[C@H](OCc4ccccc4)C(O[C@H]4O[C@H](COCc5ccccc5)[C@@H](OCc5ccccc5)[C@H](OCc5ccccc5)[C@@H]4OCc4ccccc4)[C@H](OCc4ccccc4)[C@@H]3OCc3ccccc3)cc2)cc1OC. The Kier molecular flexibility index (Phi) is 24.8. The zero-order valence-corrected chi connectivity index (χ0v) is 54.4. The molecule has 1 saturated heterocycles. The molecule has 96 heavy (non-hydrogen) atoms. The van der Waals surface area contributed by atoms with Crippen LogP contribution in [0.25, 0.3) is 11.1 Å². The van der Waals surface area contributed by atoms with Crippen molar-refractivity contribution in [3.8, 4) is 22.6 Å². The van der Waals surface area contributed by atoms with E-state index < -0.39 is 67.3 Å². The second kappa shape index (κ2) is 35.4. The molecule has 1 saturated carbocycles. The topological polar surface area (TPSA) is 120 Å². The van der Waals surface area contributed by atoms with Crippen LogP contribution in [0.4, 0.5) is 0 Å². The molecular formula is C83H84O13. The van der Waals surface area contributed by atoms with E-state index >= 15 is 0 Å². The maximum absolute atomic E-state index is 7.96. The lowest BCUT2D eigenvalue weighted by atomic mass is 9.83. The van der Waals surface area contributed by atoms with E-state index in [-0.39, 0.29) is 59.5 Å². The van der Waals surface area contributed by atoms with Crippen molar-refractivity contribution in [1.82, 2.24) is 0 Å². The summed E-state index contributed by atoms with van der Waals surface area (Å²) in [5.41, 5.74) is 10.6. The lowest BCUT2D eigenvalue weighted by Crippen LogP contribution is -2.69. The van der Waals surface area contributed by atoms with Gasteiger partial charge in [-0.15, -0.1) is 0 Å². The number of methoxy groups -OCH3 is 2. The van der Waals surface area contributed by atoms with Crippen molar-refractivity contribution in [2.45, 2.75) is 127 Å². The van der Waals surface area contributed by atoms with Gasteiger partial charge in [-0.1, -0.05) is 273 Å². The second-order valence-corrected chi connectivity index (χ2v) is 24.0. The Morgan fingerprint density at radius 3 is 0.854 bits per heavy atom. The van der Waals surface area contributed by atoms with Gasteiger partial charge >= 0.3 is 0 Å². The molecule has 0 radical (unpaired) electrons. The minimum absolute atomic E-state index is 0.105. The van der Waals surface area contributed by atoms with Crippen molar-refractivity contribution in [3.63, 3.8) is 0 Å². The summed E-state index contributed by atoms with van der Waals surface area (Å²) in [5.74, 6) is 1.30. The Morgan fingerprint density at radius 2 is 0.521 bits per heavy atom. The molecule has 2 fully saturated rings. The van der Waals surface area contributed by atoms with Gasteiger partial charge in [-0.2, -0.15) is 0 Å². The first-order chi connectivity index (χ1) is 47.5. The molecule has 13 heteroatoms. The van der Waals surface area contributed by atoms with Crippen molar-refractivity contribution in [2.24, 2.45) is 0 Å². The molecule has 12 rings (SSSR count). The maximum atomic E-state index is 7.96. The van der Waals surface area contributed by atoms with Crippen LogP contribution in [0.5, 0.6) is 11.5 Å². The van der Waals surface area contributed by atoms with Crippen molar-refractivity contribution in [2.75, 3.05) is 20.8 Å². The lowest BCUT2D eigenvalue weighted by Gasteiger charge is -2.52. The van der Waals surface area contributed by atoms with Gasteiger partial charge in [-0.3, -0.25) is 0 Å². The molecule has 494 valence electrons. The van der Waals surface area contributed by atoms with Crippen molar-refractivity contribution in [1.29, 1.82) is 0 Å². The summed E-state index contributed by atoms with van der Waals surface area (Å²) in [6, 6.07) is 95.2. The average molecular weight is 1290 g/mol. The Labute approximate surface area is 564 Å². The van der Waals surface area contributed by atoms with E-state index in [2.05, 4.69) is 97.1 Å². The molecule has 0 N–H and O–H groups in total. The highest BCUT2D eigenvalue weighted by Gasteiger charge is 2.58. The molecule has 10 aromatic rings. The second-order valence-electron chi connectivity index (χ2n) is 24.0. The zero-order chi connectivity index (χ0) is 65.4. The molecule has 13 nitrogen and oxygen atoms in total. The van der Waals surface area contributed by atoms with Crippen LogP contribution in [0, 0.1) is 0 Å². The highest BCUT2D eigenvalue weighted by molar-refractivity contribution is 5.67. The summed E-state index contributed by atoms with van der Waals surface area (Å²) in [6.45, 7) is 2.01. The minimum Gasteiger partial charge on any atom is -0.493 e. The predicted octanol–water partition coefficient (Wildman–Crippen LogP) is 15.7. The molecule has 1 aliphatic heterocycles. The summed E-state index contributed by atoms with van der Waals surface area (Å²) >= 11 is 0. The first-order valence-electron chi connectivity index (χ1n) is 33.0. The molecular weight excluding hydrogens is 1200 g/mol. The molecule has 1 aliphatic carbocycles. The molecule has 0 spiro atoms. The third kappa shape index (κ3) is 18.7. The van der Waals surface area contributed by atoms with Gasteiger partial charge in [0, 0.05) is 0 Å². The maximum Gasteiger partial charge on any atom is 0.187 e. The van der Waals surface area contributed by atoms with Crippen molar-refractivity contribution in [3.05, 3.63) is 335 Å². The zero-order valence-electron chi connectivity index (χ0n) is 54.4. The van der Waals surface area contributed by atoms with E-state index in [1.807, 2.05) is 188 Å². The quantitative estimate of drug-likeness (QED) is 0.0388. The predicted molar refractivity (Wildman–Crippen MR) is 368 cm³/mol. The fourth-order valence-electron chi connectivity index (χ4n) is 12.3. The fourth-order valence-corrected chi connectivity index (χ4v) is 12.3. The number of ether oxygens (including phenoxy) is 13. The lowest BCUT2D eigenvalue weighted by molar-refractivity contribution is -0.366. The molecule has 2 unspecified atom stereocenters. The van der Waals surface area contributed by atoms with Crippen LogP contribution in [0.2, 0.25) is 0 Å². The van der Waals surface area contributed by atoms with E-state index in [1.54, 1.807) is 14.2 Å². The normalized spacial score (nSPS) is 21.7. The van der Waals surface area contributed by atoms with E-state index in [0.29, 0.717) is 18.1 Å². The number of hydrogen-bond acceptors (Lipinski definition) is 13. The minimum atomic E-state index is -1.20. The number of rotatable bonds is 33. The van der Waals surface area contributed by atoms with Gasteiger partial charge in [0.05, 0.1) is 80.3 Å². The molecule has 11 atom stereocenters. The van der Waals surface area contributed by atoms with E-state index in [1.165, 1.54) is 0 Å². The summed E-state index contributed by atoms with van der Waals surface area (Å²) in [6.07, 6.45) is -10.0. The summed E-state index contributed by atoms with van der Waals surface area (Å²) < 4.78 is 92.5. The van der Waals surface area contributed by atoms with Gasteiger partial charge in [0.15, 0.2) is 17.8 Å². The van der Waals surface area contributed by atoms with Gasteiger partial charge in [0.1, 0.15) is 61.0 Å². The summed E-state index contributed by atoms with van der Waals surface area (Å²) in [5, 5.41) is 0. The highest BCUT2D eigenvalue weighted by atomic mass is 16.7. The standard InChI is InChI=1S/C83H84O13/c1-84-71-48-47-70(49-72(71)85-2)69-45-43-68(44-46-69)58-91-76-77(89-53-63-33-17-6-18-34-63)79(92-55-65-37-21-8-22-38-65)81(80(93-56-66-39-23-9-24-40-66)78(76)90-54-64-35-19-7-20-36-64)96-83-82(94-57-67-41-25-10-26-42-67)75(88-52-62-31-15-5-16-32-62)74(87-51-61-29-13-4-14-30-61)73(95-83)59-86-50-60-27-11-3-12-28-60/h3-49,73-83H,50-59H2,1-2H3/t73-,74-,75+,76?,77-,78-,79-,80+,81?,82+,83-/m1/s1. The Morgan fingerprint density at radius 1 is 0.250 bits per heavy atom. The summed E-state index contributed by atoms with van der Waals surface area (Å²) in [4.78, 5) is 0. The van der Waals surface area contributed by atoms with Gasteiger partial charge in [-0.05, 0) is 73.3 Å². The van der Waals surface area contributed by atoms with Crippen LogP contribution < -0.4 is 9.47 Å². The van der Waals surface area contributed by atoms with Gasteiger partial charge in [-0.25, -0.2) is 0 Å². The average Bonchev–Trinajstić information content (AvgIpc) is 0.783. The van der Waals surface area contributed by atoms with Crippen LogP contribution in [0.3, 0.4) is 0 Å². The van der Waals surface area contributed by atoms with Crippen LogP contribution in [0.15, 0.2) is 285 Å². The summed E-state index contributed by atoms with van der Waals surface area (Å²) in [7, 11) is 3.28. The first kappa shape index (κ1) is 67.3. The van der Waals surface area contributed by atoms with E-state index in [4.69, 9.17) is 61.6 Å². The largest absolute Gasteiger partial charge is 0.493 e. The van der Waals surface area contributed by atoms with Gasteiger partial charge in [0.25, 0.3) is 0 Å². The monoisotopic (exact) mass is 1290 g/mol. The third-order valence-corrected chi connectivity index (χ3v) is 17.3. The molecule has 10 aromatic carbocycles. The van der Waals surface area contributed by atoms with Crippen LogP contribution in [-0.4, -0.2) is 88.2 Å². The Balaban J connectivity index is 0.990. The van der Waals surface area contributed by atoms with Crippen molar-refractivity contribution >= 4 is 0 Å². The Hall–Kier alpha value is -8.64. The van der Waals surface area contributed by atoms with Crippen LogP contribution in [0.1, 0.15) is 50.1 Å². The number of hydrogen-bond donors (Lipinski definition) is 0. The van der Waals surface area contributed by atoms with E-state index in [0.717, 1.165) is 61.2 Å². The molecule has 0 bridgehead atoms. The molecule has 2 aliphatic rings. The smallest absolute Gasteiger partial charge is 0.187 e. The van der Waals surface area contributed by atoms with Crippen LogP contribution >= 0.6 is 0 Å². The van der Waals surface area contributed by atoms with Crippen LogP contribution in [-0.2, 0) is 112 Å². The number of benzene rings is 10. The first-order valence-corrected chi connectivity index (χ1v) is 33.0. The van der Waals surface area contributed by atoms with E-state index in [9.17, 15) is 0 Å². The highest BCUT2D eigenvalue weighted by Crippen LogP contribution is 2.41. The van der Waals surface area contributed by atoms with Gasteiger partial charge in [0.2, 0.25) is 0 Å². The Bertz CT molecular complexity index is 3710. The third-order valence-electron chi connectivity index (χ3n) is 17.3.